The van der Waals surface area contributed by atoms with Crippen LogP contribution in [0.2, 0.25) is 0 Å². The Hall–Kier alpha value is -2.23. The van der Waals surface area contributed by atoms with Gasteiger partial charge in [-0.05, 0) is 31.4 Å². The normalized spacial score (nSPS) is 24.4. The minimum absolute atomic E-state index is 0.0220. The SMILES string of the molecule is CS(=O)(=O)N1CCCN(Cc2cn[nH]c2-c2ccccc2)CCNC(=O)C2CCCC21. The molecule has 2 fully saturated rings. The molecule has 2 aliphatic rings. The van der Waals surface area contributed by atoms with Crippen molar-refractivity contribution in [3.8, 4) is 11.3 Å². The number of aromatic amines is 1. The fraction of sp³-hybridized carbons (Fsp3) is 0.545. The Labute approximate surface area is 184 Å². The van der Waals surface area contributed by atoms with Gasteiger partial charge in [0, 0.05) is 37.8 Å². The molecule has 31 heavy (non-hydrogen) atoms. The second kappa shape index (κ2) is 9.50. The number of rotatable bonds is 4. The Morgan fingerprint density at radius 2 is 1.90 bits per heavy atom. The Kier molecular flexibility index (Phi) is 6.74. The minimum atomic E-state index is -3.37. The van der Waals surface area contributed by atoms with Crippen LogP contribution in [-0.4, -0.2) is 72.2 Å². The standard InChI is InChI=1S/C22H31N5O3S/c1-31(29,30)27-13-6-12-26(14-11-23-22(28)19-9-5-10-20(19)27)16-18-15-24-25-21(18)17-7-3-2-4-8-17/h2-4,7-8,15,19-20H,5-6,9-14,16H2,1H3,(H,23,28)(H,24,25). The first-order valence-electron chi connectivity index (χ1n) is 11.0. The number of carbonyl (C=O) groups is 1. The van der Waals surface area contributed by atoms with Gasteiger partial charge in [-0.1, -0.05) is 36.8 Å². The molecule has 1 saturated heterocycles. The van der Waals surface area contributed by atoms with E-state index in [0.29, 0.717) is 26.2 Å². The molecule has 2 unspecified atom stereocenters. The first-order chi connectivity index (χ1) is 14.9. The summed E-state index contributed by atoms with van der Waals surface area (Å²) in [5, 5.41) is 10.4. The van der Waals surface area contributed by atoms with Crippen molar-refractivity contribution >= 4 is 15.9 Å². The van der Waals surface area contributed by atoms with Crippen LogP contribution in [0, 0.1) is 5.92 Å². The van der Waals surface area contributed by atoms with Crippen molar-refractivity contribution < 1.29 is 13.2 Å². The maximum Gasteiger partial charge on any atom is 0.224 e. The number of hydrogen-bond acceptors (Lipinski definition) is 5. The summed E-state index contributed by atoms with van der Waals surface area (Å²) >= 11 is 0. The number of fused-ring (bicyclic) bond motifs is 1. The largest absolute Gasteiger partial charge is 0.355 e. The van der Waals surface area contributed by atoms with E-state index in [1.807, 2.05) is 36.5 Å². The molecule has 1 amide bonds. The molecule has 1 aromatic carbocycles. The van der Waals surface area contributed by atoms with E-state index in [2.05, 4.69) is 20.4 Å². The van der Waals surface area contributed by atoms with E-state index in [1.165, 1.54) is 6.26 Å². The topological polar surface area (TPSA) is 98.4 Å². The molecule has 2 aromatic rings. The van der Waals surface area contributed by atoms with Gasteiger partial charge in [0.15, 0.2) is 0 Å². The summed E-state index contributed by atoms with van der Waals surface area (Å²) < 4.78 is 26.6. The molecule has 0 spiro atoms. The third-order valence-electron chi connectivity index (χ3n) is 6.37. The van der Waals surface area contributed by atoms with Crippen molar-refractivity contribution in [1.82, 2.24) is 24.7 Å². The van der Waals surface area contributed by atoms with E-state index in [1.54, 1.807) is 4.31 Å². The zero-order valence-electron chi connectivity index (χ0n) is 18.0. The van der Waals surface area contributed by atoms with Crippen LogP contribution in [0.25, 0.3) is 11.3 Å². The van der Waals surface area contributed by atoms with Crippen LogP contribution in [0.5, 0.6) is 0 Å². The number of nitrogens with one attached hydrogen (secondary N) is 2. The van der Waals surface area contributed by atoms with E-state index in [-0.39, 0.29) is 17.9 Å². The molecule has 168 valence electrons. The third-order valence-corrected chi connectivity index (χ3v) is 7.67. The van der Waals surface area contributed by atoms with Crippen LogP contribution >= 0.6 is 0 Å². The van der Waals surface area contributed by atoms with Gasteiger partial charge in [0.2, 0.25) is 15.9 Å². The summed E-state index contributed by atoms with van der Waals surface area (Å²) in [7, 11) is -3.37. The first-order valence-corrected chi connectivity index (χ1v) is 12.8. The Balaban J connectivity index is 1.51. The highest BCUT2D eigenvalue weighted by Gasteiger charge is 2.40. The van der Waals surface area contributed by atoms with E-state index in [0.717, 1.165) is 49.0 Å². The average molecular weight is 446 g/mol. The lowest BCUT2D eigenvalue weighted by molar-refractivity contribution is -0.125. The molecule has 1 aliphatic heterocycles. The van der Waals surface area contributed by atoms with Crippen LogP contribution in [-0.2, 0) is 21.4 Å². The number of nitrogens with zero attached hydrogens (tertiary/aromatic N) is 3. The smallest absolute Gasteiger partial charge is 0.224 e. The average Bonchev–Trinajstić information content (AvgIpc) is 3.39. The summed E-state index contributed by atoms with van der Waals surface area (Å²) in [5.41, 5.74) is 3.16. The van der Waals surface area contributed by atoms with E-state index in [4.69, 9.17) is 0 Å². The molecule has 1 aliphatic carbocycles. The second-order valence-electron chi connectivity index (χ2n) is 8.54. The monoisotopic (exact) mass is 445 g/mol. The third kappa shape index (κ3) is 5.16. The molecule has 8 nitrogen and oxygen atoms in total. The van der Waals surface area contributed by atoms with Gasteiger partial charge < -0.3 is 5.32 Å². The summed E-state index contributed by atoms with van der Waals surface area (Å²) in [6, 6.07) is 9.86. The van der Waals surface area contributed by atoms with Crippen LogP contribution in [0.3, 0.4) is 0 Å². The predicted octanol–water partition coefficient (Wildman–Crippen LogP) is 1.83. The summed E-state index contributed by atoms with van der Waals surface area (Å²) in [4.78, 5) is 15.1. The van der Waals surface area contributed by atoms with Gasteiger partial charge in [-0.15, -0.1) is 0 Å². The molecule has 0 radical (unpaired) electrons. The summed E-state index contributed by atoms with van der Waals surface area (Å²) in [6.07, 6.45) is 6.23. The summed E-state index contributed by atoms with van der Waals surface area (Å²) in [5.74, 6) is -0.272. The summed E-state index contributed by atoms with van der Waals surface area (Å²) in [6.45, 7) is 3.14. The van der Waals surface area contributed by atoms with E-state index < -0.39 is 10.0 Å². The minimum Gasteiger partial charge on any atom is -0.355 e. The molecule has 2 heterocycles. The molecular formula is C22H31N5O3S. The van der Waals surface area contributed by atoms with E-state index in [9.17, 15) is 13.2 Å². The van der Waals surface area contributed by atoms with Gasteiger partial charge >= 0.3 is 0 Å². The highest BCUT2D eigenvalue weighted by atomic mass is 32.2. The van der Waals surface area contributed by atoms with Crippen LogP contribution in [0.15, 0.2) is 36.5 Å². The maximum atomic E-state index is 12.8. The molecule has 9 heteroatoms. The van der Waals surface area contributed by atoms with Crippen LogP contribution in [0.4, 0.5) is 0 Å². The van der Waals surface area contributed by atoms with Crippen molar-refractivity contribution in [2.24, 2.45) is 5.92 Å². The van der Waals surface area contributed by atoms with Gasteiger partial charge in [0.05, 0.1) is 24.1 Å². The van der Waals surface area contributed by atoms with Gasteiger partial charge in [-0.25, -0.2) is 8.42 Å². The number of sulfonamides is 1. The number of aromatic nitrogens is 2. The van der Waals surface area contributed by atoms with Crippen molar-refractivity contribution in [3.05, 3.63) is 42.1 Å². The fourth-order valence-corrected chi connectivity index (χ4v) is 6.09. The lowest BCUT2D eigenvalue weighted by Gasteiger charge is -2.30. The molecular weight excluding hydrogens is 414 g/mol. The zero-order chi connectivity index (χ0) is 21.8. The van der Waals surface area contributed by atoms with Crippen molar-refractivity contribution in [2.75, 3.05) is 32.4 Å². The molecule has 2 atom stereocenters. The molecule has 0 bridgehead atoms. The number of carbonyl (C=O) groups excluding carboxylic acids is 1. The number of benzene rings is 1. The lowest BCUT2D eigenvalue weighted by Crippen LogP contribution is -2.47. The zero-order valence-corrected chi connectivity index (χ0v) is 18.8. The quantitative estimate of drug-likeness (QED) is 0.748. The van der Waals surface area contributed by atoms with Gasteiger partial charge in [0.1, 0.15) is 0 Å². The van der Waals surface area contributed by atoms with Crippen molar-refractivity contribution in [3.63, 3.8) is 0 Å². The number of amides is 1. The molecule has 1 aromatic heterocycles. The lowest BCUT2D eigenvalue weighted by atomic mass is 10.0. The van der Waals surface area contributed by atoms with Crippen molar-refractivity contribution in [2.45, 2.75) is 38.3 Å². The van der Waals surface area contributed by atoms with E-state index >= 15 is 0 Å². The van der Waals surface area contributed by atoms with Gasteiger partial charge in [-0.3, -0.25) is 14.8 Å². The fourth-order valence-electron chi connectivity index (χ4n) is 4.88. The Morgan fingerprint density at radius 3 is 2.68 bits per heavy atom. The molecule has 2 N–H and O–H groups in total. The molecule has 1 saturated carbocycles. The second-order valence-corrected chi connectivity index (χ2v) is 10.5. The van der Waals surface area contributed by atoms with Crippen LogP contribution in [0.1, 0.15) is 31.2 Å². The van der Waals surface area contributed by atoms with Gasteiger partial charge in [0.25, 0.3) is 0 Å². The highest BCUT2D eigenvalue weighted by Crippen LogP contribution is 2.32. The van der Waals surface area contributed by atoms with Gasteiger partial charge in [-0.2, -0.15) is 9.40 Å². The maximum absolute atomic E-state index is 12.8. The number of hydrogen-bond donors (Lipinski definition) is 2. The number of H-pyrrole nitrogens is 1. The van der Waals surface area contributed by atoms with Crippen molar-refractivity contribution in [1.29, 1.82) is 0 Å². The Bertz CT molecular complexity index is 992. The van der Waals surface area contributed by atoms with Crippen LogP contribution < -0.4 is 5.32 Å². The first kappa shape index (κ1) is 22.0. The highest BCUT2D eigenvalue weighted by molar-refractivity contribution is 7.88. The predicted molar refractivity (Wildman–Crippen MR) is 120 cm³/mol. The Morgan fingerprint density at radius 1 is 1.10 bits per heavy atom. The molecule has 4 rings (SSSR count).